The summed E-state index contributed by atoms with van der Waals surface area (Å²) < 4.78 is 45.7. The van der Waals surface area contributed by atoms with Crippen molar-refractivity contribution in [3.63, 3.8) is 0 Å². The Hall–Kier alpha value is -3.08. The van der Waals surface area contributed by atoms with Crippen molar-refractivity contribution in [1.29, 1.82) is 5.26 Å². The van der Waals surface area contributed by atoms with Gasteiger partial charge in [-0.05, 0) is 18.2 Å². The highest BCUT2D eigenvalue weighted by Gasteiger charge is 2.35. The first-order valence-electron chi connectivity index (χ1n) is 6.45. The average molecular weight is 318 g/mol. The summed E-state index contributed by atoms with van der Waals surface area (Å²) in [4.78, 5) is 4.16. The molecule has 3 aromatic rings. The predicted octanol–water partition coefficient (Wildman–Crippen LogP) is 3.30. The Morgan fingerprint density at radius 3 is 2.65 bits per heavy atom. The fourth-order valence-electron chi connectivity index (χ4n) is 2.24. The lowest BCUT2D eigenvalue weighted by atomic mass is 10.1. The van der Waals surface area contributed by atoms with Gasteiger partial charge in [0.2, 0.25) is 0 Å². The van der Waals surface area contributed by atoms with Gasteiger partial charge < -0.3 is 4.74 Å². The molecule has 0 amide bonds. The number of alkyl halides is 3. The van der Waals surface area contributed by atoms with E-state index in [-0.39, 0.29) is 16.9 Å². The maximum Gasteiger partial charge on any atom is 0.433 e. The van der Waals surface area contributed by atoms with Crippen LogP contribution in [0.15, 0.2) is 36.5 Å². The summed E-state index contributed by atoms with van der Waals surface area (Å²) in [6.45, 7) is 0. The summed E-state index contributed by atoms with van der Waals surface area (Å²) in [5, 5.41) is 12.6. The monoisotopic (exact) mass is 318 g/mol. The van der Waals surface area contributed by atoms with Gasteiger partial charge in [0.15, 0.2) is 11.3 Å². The second kappa shape index (κ2) is 5.28. The van der Waals surface area contributed by atoms with Crippen molar-refractivity contribution in [3.05, 3.63) is 47.8 Å². The molecule has 1 aromatic carbocycles. The number of benzene rings is 1. The van der Waals surface area contributed by atoms with Gasteiger partial charge in [-0.2, -0.15) is 23.5 Å². The number of para-hydroxylation sites is 1. The molecule has 0 saturated heterocycles. The molecule has 0 radical (unpaired) electrons. The highest BCUT2D eigenvalue weighted by Crippen LogP contribution is 2.35. The lowest BCUT2D eigenvalue weighted by Gasteiger charge is -2.12. The number of ether oxygens (including phenoxy) is 1. The fourth-order valence-corrected chi connectivity index (χ4v) is 2.24. The van der Waals surface area contributed by atoms with Crippen LogP contribution in [-0.4, -0.2) is 21.7 Å². The zero-order valence-electron chi connectivity index (χ0n) is 11.8. The van der Waals surface area contributed by atoms with Crippen LogP contribution in [0.2, 0.25) is 0 Å². The highest BCUT2D eigenvalue weighted by atomic mass is 19.4. The molecule has 5 nitrogen and oxygen atoms in total. The van der Waals surface area contributed by atoms with E-state index in [4.69, 9.17) is 10.00 Å². The van der Waals surface area contributed by atoms with Gasteiger partial charge in [-0.25, -0.2) is 9.50 Å². The quantitative estimate of drug-likeness (QED) is 0.727. The summed E-state index contributed by atoms with van der Waals surface area (Å²) >= 11 is 0. The first kappa shape index (κ1) is 14.8. The van der Waals surface area contributed by atoms with Crippen LogP contribution in [0.5, 0.6) is 5.75 Å². The molecule has 0 spiro atoms. The van der Waals surface area contributed by atoms with Crippen LogP contribution in [0.3, 0.4) is 0 Å². The maximum absolute atomic E-state index is 13.3. The van der Waals surface area contributed by atoms with Crippen LogP contribution in [-0.2, 0) is 6.18 Å². The molecular formula is C15H9F3N4O. The molecule has 0 unspecified atom stereocenters. The number of nitriles is 1. The van der Waals surface area contributed by atoms with Gasteiger partial charge in [0.05, 0.1) is 19.0 Å². The van der Waals surface area contributed by atoms with Crippen molar-refractivity contribution in [2.75, 3.05) is 7.11 Å². The molecule has 0 aliphatic carbocycles. The summed E-state index contributed by atoms with van der Waals surface area (Å²) in [5.41, 5.74) is -0.743. The predicted molar refractivity (Wildman–Crippen MR) is 74.7 cm³/mol. The Bertz CT molecular complexity index is 925. The third-order valence-electron chi connectivity index (χ3n) is 3.27. The zero-order chi connectivity index (χ0) is 16.6. The van der Waals surface area contributed by atoms with Crippen LogP contribution in [0.25, 0.3) is 16.9 Å². The SMILES string of the molecule is COc1ccccc1-c1cc(C(F)(F)F)n2ncc(C#N)c2n1. The first-order chi connectivity index (χ1) is 11.0. The fraction of sp³-hybridized carbons (Fsp3) is 0.133. The van der Waals surface area contributed by atoms with Crippen LogP contribution >= 0.6 is 0 Å². The maximum atomic E-state index is 13.3. The van der Waals surface area contributed by atoms with E-state index in [2.05, 4.69) is 10.1 Å². The molecule has 0 bridgehead atoms. The smallest absolute Gasteiger partial charge is 0.433 e. The van der Waals surface area contributed by atoms with Crippen LogP contribution in [0.4, 0.5) is 13.2 Å². The topological polar surface area (TPSA) is 63.2 Å². The van der Waals surface area contributed by atoms with Crippen molar-refractivity contribution in [3.8, 4) is 23.1 Å². The number of rotatable bonds is 2. The Balaban J connectivity index is 2.37. The van der Waals surface area contributed by atoms with E-state index in [9.17, 15) is 13.2 Å². The highest BCUT2D eigenvalue weighted by molar-refractivity contribution is 5.70. The summed E-state index contributed by atoms with van der Waals surface area (Å²) in [5.74, 6) is 0.385. The largest absolute Gasteiger partial charge is 0.496 e. The number of hydrogen-bond donors (Lipinski definition) is 0. The van der Waals surface area contributed by atoms with E-state index in [1.807, 2.05) is 0 Å². The molecule has 0 aliphatic rings. The Labute approximate surface area is 128 Å². The van der Waals surface area contributed by atoms with Gasteiger partial charge in [0.1, 0.15) is 17.4 Å². The van der Waals surface area contributed by atoms with Crippen LogP contribution in [0, 0.1) is 11.3 Å². The molecule has 8 heteroatoms. The number of aromatic nitrogens is 3. The molecule has 116 valence electrons. The second-order valence-electron chi connectivity index (χ2n) is 4.63. The number of methoxy groups -OCH3 is 1. The molecule has 3 rings (SSSR count). The summed E-state index contributed by atoms with van der Waals surface area (Å²) in [7, 11) is 1.42. The minimum atomic E-state index is -4.64. The molecule has 0 aliphatic heterocycles. The molecule has 2 heterocycles. The lowest BCUT2D eigenvalue weighted by molar-refractivity contribution is -0.142. The number of fused-ring (bicyclic) bond motifs is 1. The first-order valence-corrected chi connectivity index (χ1v) is 6.45. The van der Waals surface area contributed by atoms with Crippen LogP contribution in [0.1, 0.15) is 11.3 Å². The summed E-state index contributed by atoms with van der Waals surface area (Å²) in [6.07, 6.45) is -3.58. The number of halogens is 3. The van der Waals surface area contributed by atoms with Crippen molar-refractivity contribution in [2.24, 2.45) is 0 Å². The Morgan fingerprint density at radius 1 is 1.26 bits per heavy atom. The third kappa shape index (κ3) is 2.46. The normalized spacial score (nSPS) is 11.4. The van der Waals surface area contributed by atoms with E-state index < -0.39 is 11.9 Å². The summed E-state index contributed by atoms with van der Waals surface area (Å²) in [6, 6.07) is 9.26. The third-order valence-corrected chi connectivity index (χ3v) is 3.27. The number of hydrogen-bond acceptors (Lipinski definition) is 4. The molecule has 0 fully saturated rings. The molecular weight excluding hydrogens is 309 g/mol. The van der Waals surface area contributed by atoms with Gasteiger partial charge in [-0.1, -0.05) is 12.1 Å². The van der Waals surface area contributed by atoms with Gasteiger partial charge in [0, 0.05) is 5.56 Å². The minimum Gasteiger partial charge on any atom is -0.496 e. The minimum absolute atomic E-state index is 0.0350. The molecule has 0 atom stereocenters. The van der Waals surface area contributed by atoms with Gasteiger partial charge in [-0.15, -0.1) is 0 Å². The van der Waals surface area contributed by atoms with E-state index in [1.54, 1.807) is 30.3 Å². The molecule has 2 aromatic heterocycles. The average Bonchev–Trinajstić information content (AvgIpc) is 2.95. The second-order valence-corrected chi connectivity index (χ2v) is 4.63. The van der Waals surface area contributed by atoms with E-state index >= 15 is 0 Å². The van der Waals surface area contributed by atoms with Crippen molar-refractivity contribution in [2.45, 2.75) is 6.18 Å². The zero-order valence-corrected chi connectivity index (χ0v) is 11.8. The van der Waals surface area contributed by atoms with Crippen molar-refractivity contribution < 1.29 is 17.9 Å². The van der Waals surface area contributed by atoms with Crippen molar-refractivity contribution >= 4 is 5.65 Å². The number of nitrogens with zero attached hydrogens (tertiary/aromatic N) is 4. The van der Waals surface area contributed by atoms with Gasteiger partial charge >= 0.3 is 6.18 Å². The molecule has 0 N–H and O–H groups in total. The lowest BCUT2D eigenvalue weighted by Crippen LogP contribution is -2.13. The van der Waals surface area contributed by atoms with Gasteiger partial charge in [-0.3, -0.25) is 0 Å². The molecule has 23 heavy (non-hydrogen) atoms. The Kier molecular flexibility index (Phi) is 3.41. The Morgan fingerprint density at radius 2 is 2.00 bits per heavy atom. The van der Waals surface area contributed by atoms with Crippen LogP contribution < -0.4 is 4.74 Å². The van der Waals surface area contributed by atoms with E-state index in [0.29, 0.717) is 15.8 Å². The van der Waals surface area contributed by atoms with E-state index in [0.717, 1.165) is 12.3 Å². The standard InChI is InChI=1S/C15H9F3N4O/c1-23-12-5-3-2-4-10(12)11-6-13(15(16,17)18)22-14(21-11)9(7-19)8-20-22/h2-6,8H,1H3. The van der Waals surface area contributed by atoms with Crippen molar-refractivity contribution in [1.82, 2.24) is 14.6 Å². The van der Waals surface area contributed by atoms with E-state index in [1.165, 1.54) is 7.11 Å². The van der Waals surface area contributed by atoms with Gasteiger partial charge in [0.25, 0.3) is 0 Å². The molecule has 0 saturated carbocycles.